The molecule has 4 nitrogen and oxygen atoms in total. The predicted molar refractivity (Wildman–Crippen MR) is 70.4 cm³/mol. The van der Waals surface area contributed by atoms with Gasteiger partial charge < -0.3 is 15.2 Å². The van der Waals surface area contributed by atoms with Gasteiger partial charge in [0.1, 0.15) is 0 Å². The third-order valence-electron chi connectivity index (χ3n) is 2.90. The van der Waals surface area contributed by atoms with Crippen molar-refractivity contribution >= 4 is 5.91 Å². The summed E-state index contributed by atoms with van der Waals surface area (Å²) in [7, 11) is 0. The minimum absolute atomic E-state index is 0.0695. The molecule has 1 unspecified atom stereocenters. The summed E-state index contributed by atoms with van der Waals surface area (Å²) in [6, 6.07) is 5.96. The molecule has 0 saturated carbocycles. The first-order valence-corrected chi connectivity index (χ1v) is 6.42. The lowest BCUT2D eigenvalue weighted by Crippen LogP contribution is -2.33. The van der Waals surface area contributed by atoms with Crippen molar-refractivity contribution in [2.45, 2.75) is 19.8 Å². The number of aliphatic hydroxyl groups excluding tert-OH is 1. The molecule has 1 aromatic rings. The van der Waals surface area contributed by atoms with Crippen molar-refractivity contribution in [2.24, 2.45) is 5.92 Å². The van der Waals surface area contributed by atoms with Crippen molar-refractivity contribution < 1.29 is 19.0 Å². The number of carbonyl (C=O) groups is 1. The number of amides is 1. The van der Waals surface area contributed by atoms with Crippen molar-refractivity contribution in [2.75, 3.05) is 19.8 Å². The molecule has 0 saturated heterocycles. The lowest BCUT2D eigenvalue weighted by Gasteiger charge is -2.14. The number of carbonyl (C=O) groups excluding carboxylic acids is 1. The molecule has 1 amide bonds. The number of ether oxygens (including phenoxy) is 1. The summed E-state index contributed by atoms with van der Waals surface area (Å²) in [6.45, 7) is 2.40. The molecule has 0 fully saturated rings. The monoisotopic (exact) mass is 269 g/mol. The molecule has 5 heteroatoms. The Labute approximate surface area is 112 Å². The molecule has 1 rings (SSSR count). The van der Waals surface area contributed by atoms with Gasteiger partial charge in [-0.15, -0.1) is 0 Å². The maximum Gasteiger partial charge on any atom is 0.257 e. The zero-order valence-corrected chi connectivity index (χ0v) is 11.1. The molecule has 0 aliphatic heterocycles. The number of rotatable bonds is 8. The highest BCUT2D eigenvalue weighted by Crippen LogP contribution is 2.14. The van der Waals surface area contributed by atoms with Gasteiger partial charge in [0.05, 0.1) is 0 Å². The molecule has 0 aliphatic rings. The second-order valence-electron chi connectivity index (χ2n) is 4.31. The van der Waals surface area contributed by atoms with Gasteiger partial charge in [-0.25, -0.2) is 4.39 Å². The van der Waals surface area contributed by atoms with Gasteiger partial charge in [0.15, 0.2) is 18.2 Å². The Balaban J connectivity index is 2.30. The summed E-state index contributed by atoms with van der Waals surface area (Å²) in [4.78, 5) is 11.5. The minimum Gasteiger partial charge on any atom is -0.481 e. The van der Waals surface area contributed by atoms with Crippen molar-refractivity contribution in [1.82, 2.24) is 5.32 Å². The van der Waals surface area contributed by atoms with E-state index in [1.807, 2.05) is 6.92 Å². The summed E-state index contributed by atoms with van der Waals surface area (Å²) in [6.07, 6.45) is 1.54. The van der Waals surface area contributed by atoms with Crippen LogP contribution in [-0.2, 0) is 4.79 Å². The topological polar surface area (TPSA) is 58.6 Å². The molecule has 0 bridgehead atoms. The van der Waals surface area contributed by atoms with E-state index >= 15 is 0 Å². The van der Waals surface area contributed by atoms with Gasteiger partial charge in [-0.3, -0.25) is 4.79 Å². The fraction of sp³-hybridized carbons (Fsp3) is 0.500. The molecule has 0 spiro atoms. The molecule has 0 heterocycles. The fourth-order valence-corrected chi connectivity index (χ4v) is 1.65. The van der Waals surface area contributed by atoms with Crippen LogP contribution in [0.5, 0.6) is 5.75 Å². The van der Waals surface area contributed by atoms with Gasteiger partial charge in [-0.05, 0) is 24.5 Å². The second kappa shape index (κ2) is 8.48. The van der Waals surface area contributed by atoms with Gasteiger partial charge in [-0.2, -0.15) is 0 Å². The summed E-state index contributed by atoms with van der Waals surface area (Å²) in [5.41, 5.74) is 0. The van der Waals surface area contributed by atoms with Crippen LogP contribution in [0.25, 0.3) is 0 Å². The van der Waals surface area contributed by atoms with Crippen LogP contribution in [0, 0.1) is 11.7 Å². The predicted octanol–water partition coefficient (Wildman–Crippen LogP) is 1.73. The molecule has 1 aromatic carbocycles. The number of halogens is 1. The SMILES string of the molecule is CCC(CCO)CNC(=O)COc1ccccc1F. The Kier molecular flexibility index (Phi) is 6.89. The van der Waals surface area contributed by atoms with Crippen molar-refractivity contribution in [3.8, 4) is 5.75 Å². The molecule has 106 valence electrons. The Morgan fingerprint density at radius 3 is 2.84 bits per heavy atom. The van der Waals surface area contributed by atoms with Gasteiger partial charge >= 0.3 is 0 Å². The lowest BCUT2D eigenvalue weighted by atomic mass is 10.0. The minimum atomic E-state index is -0.484. The van der Waals surface area contributed by atoms with Crippen LogP contribution in [-0.4, -0.2) is 30.8 Å². The van der Waals surface area contributed by atoms with Crippen LogP contribution in [0.2, 0.25) is 0 Å². The van der Waals surface area contributed by atoms with Crippen LogP contribution in [0.4, 0.5) is 4.39 Å². The van der Waals surface area contributed by atoms with E-state index in [-0.39, 0.29) is 30.8 Å². The Morgan fingerprint density at radius 1 is 1.47 bits per heavy atom. The highest BCUT2D eigenvalue weighted by Gasteiger charge is 2.09. The quantitative estimate of drug-likeness (QED) is 0.755. The normalized spacial score (nSPS) is 11.9. The molecular formula is C14H20FNO3. The highest BCUT2D eigenvalue weighted by molar-refractivity contribution is 5.77. The van der Waals surface area contributed by atoms with Crippen molar-refractivity contribution in [3.63, 3.8) is 0 Å². The summed E-state index contributed by atoms with van der Waals surface area (Å²) in [5.74, 6) is -0.455. The molecular weight excluding hydrogens is 249 g/mol. The van der Waals surface area contributed by atoms with Crippen LogP contribution < -0.4 is 10.1 Å². The van der Waals surface area contributed by atoms with E-state index < -0.39 is 5.82 Å². The van der Waals surface area contributed by atoms with Crippen molar-refractivity contribution in [1.29, 1.82) is 0 Å². The molecule has 2 N–H and O–H groups in total. The average Bonchev–Trinajstić information content (AvgIpc) is 2.42. The number of aliphatic hydroxyl groups is 1. The van der Waals surface area contributed by atoms with Crippen molar-refractivity contribution in [3.05, 3.63) is 30.1 Å². The van der Waals surface area contributed by atoms with Crippen LogP contribution in [0.15, 0.2) is 24.3 Å². The molecule has 0 aromatic heterocycles. The van der Waals surface area contributed by atoms with E-state index in [1.165, 1.54) is 12.1 Å². The number of nitrogens with one attached hydrogen (secondary N) is 1. The van der Waals surface area contributed by atoms with E-state index in [4.69, 9.17) is 9.84 Å². The summed E-state index contributed by atoms with van der Waals surface area (Å²) >= 11 is 0. The maximum absolute atomic E-state index is 13.2. The zero-order valence-electron chi connectivity index (χ0n) is 11.1. The largest absolute Gasteiger partial charge is 0.481 e. The standard InChI is InChI=1S/C14H20FNO3/c1-2-11(7-8-17)9-16-14(18)10-19-13-6-4-3-5-12(13)15/h3-6,11,17H,2,7-10H2,1H3,(H,16,18). The molecule has 19 heavy (non-hydrogen) atoms. The van der Waals surface area contributed by atoms with Gasteiger partial charge in [-0.1, -0.05) is 25.5 Å². The molecule has 0 radical (unpaired) electrons. The fourth-order valence-electron chi connectivity index (χ4n) is 1.65. The zero-order chi connectivity index (χ0) is 14.1. The Bertz CT molecular complexity index is 398. The number of para-hydroxylation sites is 1. The second-order valence-corrected chi connectivity index (χ2v) is 4.31. The van der Waals surface area contributed by atoms with Gasteiger partial charge in [0.25, 0.3) is 5.91 Å². The van der Waals surface area contributed by atoms with E-state index in [2.05, 4.69) is 5.32 Å². The Hall–Kier alpha value is -1.62. The van der Waals surface area contributed by atoms with Gasteiger partial charge in [0.2, 0.25) is 0 Å². The maximum atomic E-state index is 13.2. The lowest BCUT2D eigenvalue weighted by molar-refractivity contribution is -0.123. The number of hydrogen-bond donors (Lipinski definition) is 2. The van der Waals surface area contributed by atoms with Crippen LogP contribution in [0.1, 0.15) is 19.8 Å². The summed E-state index contributed by atoms with van der Waals surface area (Å²) < 4.78 is 18.3. The highest BCUT2D eigenvalue weighted by atomic mass is 19.1. The van der Waals surface area contributed by atoms with E-state index in [0.29, 0.717) is 13.0 Å². The first-order chi connectivity index (χ1) is 9.17. The van der Waals surface area contributed by atoms with Crippen LogP contribution in [0.3, 0.4) is 0 Å². The number of benzene rings is 1. The first kappa shape index (κ1) is 15.4. The Morgan fingerprint density at radius 2 is 2.21 bits per heavy atom. The molecule has 1 atom stereocenters. The smallest absolute Gasteiger partial charge is 0.257 e. The third kappa shape index (κ3) is 5.70. The van der Waals surface area contributed by atoms with Gasteiger partial charge in [0, 0.05) is 13.2 Å². The first-order valence-electron chi connectivity index (χ1n) is 6.42. The van der Waals surface area contributed by atoms with E-state index in [9.17, 15) is 9.18 Å². The summed E-state index contributed by atoms with van der Waals surface area (Å²) in [5, 5.41) is 11.5. The van der Waals surface area contributed by atoms with Crippen LogP contribution >= 0.6 is 0 Å². The average molecular weight is 269 g/mol. The third-order valence-corrected chi connectivity index (χ3v) is 2.90. The number of hydrogen-bond acceptors (Lipinski definition) is 3. The molecule has 0 aliphatic carbocycles. The van der Waals surface area contributed by atoms with E-state index in [0.717, 1.165) is 6.42 Å². The van der Waals surface area contributed by atoms with E-state index in [1.54, 1.807) is 12.1 Å².